The summed E-state index contributed by atoms with van der Waals surface area (Å²) in [6, 6.07) is 9.26. The normalized spacial score (nSPS) is 46.9. The summed E-state index contributed by atoms with van der Waals surface area (Å²) >= 11 is 0. The molecule has 1 saturated carbocycles. The van der Waals surface area contributed by atoms with E-state index in [4.69, 9.17) is 29.2 Å². The fourth-order valence-corrected chi connectivity index (χ4v) is 5.75. The van der Waals surface area contributed by atoms with Crippen molar-refractivity contribution in [3.63, 3.8) is 0 Å². The van der Waals surface area contributed by atoms with Gasteiger partial charge in [-0.3, -0.25) is 0 Å². The molecule has 0 radical (unpaired) electrons. The zero-order valence-corrected chi connectivity index (χ0v) is 16.6. The lowest BCUT2D eigenvalue weighted by molar-refractivity contribution is -0.575. The quantitative estimate of drug-likeness (QED) is 0.713. The standard InChI is InChI=1S/C22H27NO5/c1-13-4-9-18-14(2)19(24-16-7-5-15(12-23)6-8-16)25-20-22(18)17(13)10-11-21(3,26-20)27-28-22/h5-8,13-14,17-20H,4,9-11H2,1-3H3/t13-,14-,17+,18+,19+,20-,21-,22-/m1/s1. The first-order valence-corrected chi connectivity index (χ1v) is 10.3. The highest BCUT2D eigenvalue weighted by molar-refractivity contribution is 5.34. The van der Waals surface area contributed by atoms with E-state index in [0.29, 0.717) is 23.1 Å². The maximum absolute atomic E-state index is 8.99. The summed E-state index contributed by atoms with van der Waals surface area (Å²) in [6.45, 7) is 6.40. The van der Waals surface area contributed by atoms with E-state index in [1.807, 2.05) is 19.1 Å². The van der Waals surface area contributed by atoms with Crippen molar-refractivity contribution in [1.82, 2.24) is 0 Å². The first kappa shape index (κ1) is 18.4. The van der Waals surface area contributed by atoms with Crippen molar-refractivity contribution in [1.29, 1.82) is 5.26 Å². The summed E-state index contributed by atoms with van der Waals surface area (Å²) in [6.07, 6.45) is 3.07. The van der Waals surface area contributed by atoms with Gasteiger partial charge in [-0.1, -0.05) is 13.8 Å². The molecule has 5 fully saturated rings. The molecule has 0 amide bonds. The van der Waals surface area contributed by atoms with Crippen molar-refractivity contribution < 1.29 is 24.0 Å². The fraction of sp³-hybridized carbons (Fsp3) is 0.682. The van der Waals surface area contributed by atoms with Gasteiger partial charge in [-0.15, -0.1) is 0 Å². The summed E-state index contributed by atoms with van der Waals surface area (Å²) in [5, 5.41) is 8.99. The van der Waals surface area contributed by atoms with Crippen molar-refractivity contribution in [3.05, 3.63) is 29.8 Å². The smallest absolute Gasteiger partial charge is 0.205 e. The van der Waals surface area contributed by atoms with Crippen molar-refractivity contribution in [2.75, 3.05) is 0 Å². The first-order valence-electron chi connectivity index (χ1n) is 10.3. The minimum atomic E-state index is -0.781. The van der Waals surface area contributed by atoms with Crippen molar-refractivity contribution in [3.8, 4) is 11.8 Å². The minimum Gasteiger partial charge on any atom is -0.465 e. The molecule has 2 bridgehead atoms. The molecule has 4 saturated heterocycles. The molecule has 5 aliphatic rings. The molecule has 1 aromatic rings. The fourth-order valence-electron chi connectivity index (χ4n) is 5.75. The van der Waals surface area contributed by atoms with Crippen LogP contribution in [0.25, 0.3) is 0 Å². The number of hydrogen-bond donors (Lipinski definition) is 0. The molecule has 0 unspecified atom stereocenters. The van der Waals surface area contributed by atoms with Crippen LogP contribution in [0.1, 0.15) is 52.0 Å². The number of ether oxygens (including phenoxy) is 3. The number of nitrogens with zero attached hydrogens (tertiary/aromatic N) is 1. The number of benzene rings is 1. The molecule has 1 spiro atoms. The Bertz CT molecular complexity index is 791. The van der Waals surface area contributed by atoms with E-state index in [9.17, 15) is 0 Å². The molecule has 6 heteroatoms. The summed E-state index contributed by atoms with van der Waals surface area (Å²) < 4.78 is 18.9. The van der Waals surface area contributed by atoms with Crippen LogP contribution in [-0.4, -0.2) is 24.0 Å². The largest absolute Gasteiger partial charge is 0.465 e. The summed E-state index contributed by atoms with van der Waals surface area (Å²) in [5.41, 5.74) is 0.0355. The predicted molar refractivity (Wildman–Crippen MR) is 98.6 cm³/mol. The molecule has 4 aliphatic heterocycles. The number of rotatable bonds is 2. The van der Waals surface area contributed by atoms with Crippen LogP contribution in [0, 0.1) is 35.0 Å². The average molecular weight is 385 g/mol. The molecule has 1 aromatic carbocycles. The van der Waals surface area contributed by atoms with E-state index in [-0.39, 0.29) is 11.8 Å². The number of nitriles is 1. The molecule has 4 heterocycles. The molecular formula is C22H27NO5. The van der Waals surface area contributed by atoms with Gasteiger partial charge in [-0.25, -0.2) is 9.78 Å². The summed E-state index contributed by atoms with van der Waals surface area (Å²) in [4.78, 5) is 12.0. The second-order valence-corrected chi connectivity index (χ2v) is 9.03. The molecule has 150 valence electrons. The molecule has 6 nitrogen and oxygen atoms in total. The van der Waals surface area contributed by atoms with Crippen molar-refractivity contribution in [2.24, 2.45) is 23.7 Å². The summed E-state index contributed by atoms with van der Waals surface area (Å²) in [5.74, 6) is 1.15. The highest BCUT2D eigenvalue weighted by atomic mass is 17.3. The van der Waals surface area contributed by atoms with Gasteiger partial charge in [0.2, 0.25) is 12.1 Å². The highest BCUT2D eigenvalue weighted by Crippen LogP contribution is 2.60. The molecule has 0 aromatic heterocycles. The Balaban J connectivity index is 1.47. The zero-order valence-electron chi connectivity index (χ0n) is 16.6. The van der Waals surface area contributed by atoms with Gasteiger partial charge in [0.15, 0.2) is 11.9 Å². The van der Waals surface area contributed by atoms with E-state index in [1.165, 1.54) is 0 Å². The monoisotopic (exact) mass is 385 g/mol. The Morgan fingerprint density at radius 1 is 1.07 bits per heavy atom. The van der Waals surface area contributed by atoms with E-state index in [0.717, 1.165) is 25.7 Å². The maximum atomic E-state index is 8.99. The van der Waals surface area contributed by atoms with E-state index < -0.39 is 24.0 Å². The second kappa shape index (κ2) is 6.43. The van der Waals surface area contributed by atoms with Gasteiger partial charge < -0.3 is 14.2 Å². The van der Waals surface area contributed by atoms with Gasteiger partial charge in [0.05, 0.1) is 11.6 Å². The van der Waals surface area contributed by atoms with Crippen LogP contribution in [0.5, 0.6) is 5.75 Å². The topological polar surface area (TPSA) is 69.9 Å². The van der Waals surface area contributed by atoms with Crippen LogP contribution in [-0.2, 0) is 19.2 Å². The van der Waals surface area contributed by atoms with Crippen LogP contribution in [0.4, 0.5) is 0 Å². The van der Waals surface area contributed by atoms with Crippen LogP contribution >= 0.6 is 0 Å². The Hall–Kier alpha value is -1.65. The maximum Gasteiger partial charge on any atom is 0.205 e. The Morgan fingerprint density at radius 3 is 2.61 bits per heavy atom. The average Bonchev–Trinajstić information content (AvgIpc) is 2.92. The Labute approximate surface area is 165 Å². The third-order valence-electron chi connectivity index (χ3n) is 7.33. The molecule has 8 atom stereocenters. The molecule has 6 rings (SSSR count). The van der Waals surface area contributed by atoms with Crippen LogP contribution < -0.4 is 4.74 Å². The van der Waals surface area contributed by atoms with Gasteiger partial charge in [0.25, 0.3) is 0 Å². The predicted octanol–water partition coefficient (Wildman–Crippen LogP) is 4.15. The molecule has 1 aliphatic carbocycles. The van der Waals surface area contributed by atoms with Crippen LogP contribution in [0.2, 0.25) is 0 Å². The van der Waals surface area contributed by atoms with Gasteiger partial charge in [0, 0.05) is 18.3 Å². The zero-order chi connectivity index (χ0) is 19.5. The van der Waals surface area contributed by atoms with E-state index in [1.54, 1.807) is 12.1 Å². The van der Waals surface area contributed by atoms with E-state index >= 15 is 0 Å². The van der Waals surface area contributed by atoms with Crippen molar-refractivity contribution >= 4 is 0 Å². The lowest BCUT2D eigenvalue weighted by Crippen LogP contribution is -2.70. The third kappa shape index (κ3) is 2.61. The Morgan fingerprint density at radius 2 is 1.86 bits per heavy atom. The SMILES string of the molecule is C[C@H]1[C@@H](Oc2ccc(C#N)cc2)O[C@@H]2O[C@@]3(C)CC[C@H]4[C@H](C)CC[C@@H]1[C@@]24OO3. The van der Waals surface area contributed by atoms with Crippen molar-refractivity contribution in [2.45, 2.75) is 70.4 Å². The van der Waals surface area contributed by atoms with Gasteiger partial charge in [0.1, 0.15) is 5.75 Å². The highest BCUT2D eigenvalue weighted by Gasteiger charge is 2.69. The lowest BCUT2D eigenvalue weighted by atomic mass is 9.58. The molecular weight excluding hydrogens is 358 g/mol. The van der Waals surface area contributed by atoms with Gasteiger partial charge >= 0.3 is 0 Å². The van der Waals surface area contributed by atoms with Crippen LogP contribution in [0.3, 0.4) is 0 Å². The molecule has 28 heavy (non-hydrogen) atoms. The van der Waals surface area contributed by atoms with Gasteiger partial charge in [-0.05, 0) is 62.3 Å². The second-order valence-electron chi connectivity index (χ2n) is 9.03. The lowest BCUT2D eigenvalue weighted by Gasteiger charge is -2.60. The Kier molecular flexibility index (Phi) is 4.22. The first-order chi connectivity index (χ1) is 13.4. The van der Waals surface area contributed by atoms with E-state index in [2.05, 4.69) is 19.9 Å². The van der Waals surface area contributed by atoms with Crippen LogP contribution in [0.15, 0.2) is 24.3 Å². The number of hydrogen-bond acceptors (Lipinski definition) is 6. The number of fused-ring (bicyclic) bond motifs is 2. The summed E-state index contributed by atoms with van der Waals surface area (Å²) in [7, 11) is 0. The molecule has 0 N–H and O–H groups in total. The minimum absolute atomic E-state index is 0.122. The third-order valence-corrected chi connectivity index (χ3v) is 7.33. The van der Waals surface area contributed by atoms with Gasteiger partial charge in [-0.2, -0.15) is 5.26 Å².